The Labute approximate surface area is 165 Å². The lowest BCUT2D eigenvalue weighted by molar-refractivity contribution is -0.140. The van der Waals surface area contributed by atoms with Gasteiger partial charge in [0.1, 0.15) is 18.1 Å². The Hall–Kier alpha value is -2.70. The van der Waals surface area contributed by atoms with Crippen LogP contribution in [-0.2, 0) is 19.1 Å². The van der Waals surface area contributed by atoms with Gasteiger partial charge in [0.05, 0.1) is 13.2 Å². The number of benzene rings is 2. The van der Waals surface area contributed by atoms with Crippen LogP contribution in [0.3, 0.4) is 0 Å². The summed E-state index contributed by atoms with van der Waals surface area (Å²) in [4.78, 5) is 23.2. The Balaban J connectivity index is 1.37. The fourth-order valence-electron chi connectivity index (χ4n) is 2.35. The number of rotatable bonds is 13. The van der Waals surface area contributed by atoms with Gasteiger partial charge in [-0.05, 0) is 37.1 Å². The molecule has 28 heavy (non-hydrogen) atoms. The lowest BCUT2D eigenvalue weighted by Gasteiger charge is -2.07. The Morgan fingerprint density at radius 3 is 1.82 bits per heavy atom. The third kappa shape index (κ3) is 9.85. The van der Waals surface area contributed by atoms with Crippen LogP contribution in [0.5, 0.6) is 11.5 Å². The first kappa shape index (κ1) is 21.6. The summed E-state index contributed by atoms with van der Waals surface area (Å²) < 4.78 is 21.0. The first-order chi connectivity index (χ1) is 13.7. The van der Waals surface area contributed by atoms with Crippen molar-refractivity contribution in [1.82, 2.24) is 0 Å². The molecule has 6 nitrogen and oxygen atoms in total. The van der Waals surface area contributed by atoms with Gasteiger partial charge in [-0.1, -0.05) is 42.8 Å². The van der Waals surface area contributed by atoms with Crippen LogP contribution in [0.1, 0.15) is 25.7 Å². The number of para-hydroxylation sites is 2. The molecule has 0 aliphatic rings. The number of esters is 2. The van der Waals surface area contributed by atoms with E-state index in [0.29, 0.717) is 37.7 Å². The summed E-state index contributed by atoms with van der Waals surface area (Å²) in [5.74, 6) is 0.417. The Morgan fingerprint density at radius 2 is 1.18 bits per heavy atom. The van der Waals surface area contributed by atoms with E-state index in [1.807, 2.05) is 24.3 Å². The number of ether oxygens (including phenoxy) is 4. The smallest absolute Gasteiger partial charge is 0.337 e. The molecule has 0 fully saturated rings. The molecule has 2 rings (SSSR count). The molecular formula is C22H26O6. The molecule has 0 aliphatic heterocycles. The molecule has 0 aromatic heterocycles. The fraction of sp³-hybridized carbons (Fsp3) is 0.364. The molecule has 2 aromatic rings. The third-order valence-corrected chi connectivity index (χ3v) is 3.71. The highest BCUT2D eigenvalue weighted by Gasteiger charge is 2.05. The average Bonchev–Trinajstić information content (AvgIpc) is 2.71. The number of carbonyl (C=O) groups excluding carboxylic acids is 2. The Kier molecular flexibility index (Phi) is 10.4. The molecule has 0 N–H and O–H groups in total. The van der Waals surface area contributed by atoms with E-state index >= 15 is 0 Å². The largest absolute Gasteiger partial charge is 0.427 e. The summed E-state index contributed by atoms with van der Waals surface area (Å²) in [7, 11) is 0. The molecule has 0 aliphatic carbocycles. The molecule has 0 amide bonds. The minimum atomic E-state index is -0.436. The normalized spacial score (nSPS) is 10.4. The first-order valence-electron chi connectivity index (χ1n) is 9.41. The van der Waals surface area contributed by atoms with Crippen LogP contribution in [0.15, 0.2) is 60.7 Å². The molecule has 0 saturated heterocycles. The van der Waals surface area contributed by atoms with Crippen LogP contribution in [0, 0.1) is 0 Å². The molecular weight excluding hydrogens is 360 g/mol. The number of carbonyl (C=O) groups is 2. The van der Waals surface area contributed by atoms with Crippen molar-refractivity contribution < 1.29 is 28.5 Å². The summed E-state index contributed by atoms with van der Waals surface area (Å²) in [6.45, 7) is 1.22. The average molecular weight is 386 g/mol. The van der Waals surface area contributed by atoms with E-state index in [4.69, 9.17) is 18.9 Å². The van der Waals surface area contributed by atoms with E-state index in [2.05, 4.69) is 0 Å². The van der Waals surface area contributed by atoms with Crippen molar-refractivity contribution in [3.8, 4) is 11.5 Å². The second kappa shape index (κ2) is 13.5. The van der Waals surface area contributed by atoms with Crippen LogP contribution in [0.2, 0.25) is 0 Å². The highest BCUT2D eigenvalue weighted by atomic mass is 16.6. The van der Waals surface area contributed by atoms with Crippen LogP contribution in [-0.4, -0.2) is 38.4 Å². The third-order valence-electron chi connectivity index (χ3n) is 3.71. The standard InChI is InChI=1S/C22H26O6/c23-21(27-19-10-4-1-5-11-19)14-8-3-9-15-25-16-17-26-18-22(24)28-20-12-6-2-7-13-20/h1-2,4-7,10-13H,3,8-9,14-18H2. The van der Waals surface area contributed by atoms with E-state index in [1.165, 1.54) is 0 Å². The van der Waals surface area contributed by atoms with Crippen molar-refractivity contribution in [3.05, 3.63) is 60.7 Å². The van der Waals surface area contributed by atoms with Gasteiger partial charge in [0.15, 0.2) is 0 Å². The van der Waals surface area contributed by atoms with Crippen molar-refractivity contribution in [2.24, 2.45) is 0 Å². The molecule has 0 saturated carbocycles. The summed E-state index contributed by atoms with van der Waals surface area (Å²) in [5.41, 5.74) is 0. The van der Waals surface area contributed by atoms with Gasteiger partial charge < -0.3 is 18.9 Å². The first-order valence-corrected chi connectivity index (χ1v) is 9.41. The SMILES string of the molecule is O=C(CCCCCOCCOCC(=O)Oc1ccccc1)Oc1ccccc1. The number of unbranched alkanes of at least 4 members (excludes halogenated alkanes) is 2. The summed E-state index contributed by atoms with van der Waals surface area (Å²) >= 11 is 0. The molecule has 2 aromatic carbocycles. The monoisotopic (exact) mass is 386 g/mol. The lowest BCUT2D eigenvalue weighted by atomic mass is 10.2. The number of hydrogen-bond acceptors (Lipinski definition) is 6. The highest BCUT2D eigenvalue weighted by Crippen LogP contribution is 2.11. The van der Waals surface area contributed by atoms with Crippen molar-refractivity contribution in [3.63, 3.8) is 0 Å². The Morgan fingerprint density at radius 1 is 0.607 bits per heavy atom. The van der Waals surface area contributed by atoms with Gasteiger partial charge in [-0.2, -0.15) is 0 Å². The van der Waals surface area contributed by atoms with Gasteiger partial charge >= 0.3 is 11.9 Å². The maximum absolute atomic E-state index is 11.7. The zero-order valence-corrected chi connectivity index (χ0v) is 15.9. The predicted octanol–water partition coefficient (Wildman–Crippen LogP) is 3.79. The highest BCUT2D eigenvalue weighted by molar-refractivity contribution is 5.73. The molecule has 6 heteroatoms. The van der Waals surface area contributed by atoms with E-state index in [9.17, 15) is 9.59 Å². The Bertz CT molecular complexity index is 625. The zero-order valence-electron chi connectivity index (χ0n) is 15.9. The molecule has 0 heterocycles. The summed E-state index contributed by atoms with van der Waals surface area (Å²) in [6.07, 6.45) is 2.89. The maximum Gasteiger partial charge on any atom is 0.337 e. The van der Waals surface area contributed by atoms with Gasteiger partial charge in [0.2, 0.25) is 0 Å². The number of hydrogen-bond donors (Lipinski definition) is 0. The van der Waals surface area contributed by atoms with Crippen molar-refractivity contribution in [1.29, 1.82) is 0 Å². The van der Waals surface area contributed by atoms with Crippen molar-refractivity contribution in [2.45, 2.75) is 25.7 Å². The van der Waals surface area contributed by atoms with Crippen LogP contribution in [0.4, 0.5) is 0 Å². The molecule has 0 radical (unpaired) electrons. The van der Waals surface area contributed by atoms with E-state index in [0.717, 1.165) is 19.3 Å². The van der Waals surface area contributed by atoms with Crippen LogP contribution in [0.25, 0.3) is 0 Å². The van der Waals surface area contributed by atoms with Crippen molar-refractivity contribution in [2.75, 3.05) is 26.4 Å². The molecule has 0 atom stereocenters. The van der Waals surface area contributed by atoms with Gasteiger partial charge in [-0.15, -0.1) is 0 Å². The molecule has 0 bridgehead atoms. The topological polar surface area (TPSA) is 71.1 Å². The van der Waals surface area contributed by atoms with E-state index in [1.54, 1.807) is 36.4 Å². The van der Waals surface area contributed by atoms with E-state index in [-0.39, 0.29) is 12.6 Å². The summed E-state index contributed by atoms with van der Waals surface area (Å²) in [6, 6.07) is 17.9. The quantitative estimate of drug-likeness (QED) is 0.296. The predicted molar refractivity (Wildman–Crippen MR) is 104 cm³/mol. The van der Waals surface area contributed by atoms with Crippen LogP contribution >= 0.6 is 0 Å². The second-order valence-electron chi connectivity index (χ2n) is 6.05. The van der Waals surface area contributed by atoms with Gasteiger partial charge in [0.25, 0.3) is 0 Å². The maximum atomic E-state index is 11.7. The van der Waals surface area contributed by atoms with Crippen LogP contribution < -0.4 is 9.47 Å². The molecule has 150 valence electrons. The van der Waals surface area contributed by atoms with Gasteiger partial charge in [-0.3, -0.25) is 4.79 Å². The van der Waals surface area contributed by atoms with E-state index < -0.39 is 5.97 Å². The molecule has 0 unspecified atom stereocenters. The molecule has 0 spiro atoms. The van der Waals surface area contributed by atoms with Gasteiger partial charge in [0, 0.05) is 13.0 Å². The zero-order chi connectivity index (χ0) is 19.9. The minimum absolute atomic E-state index is 0.109. The second-order valence-corrected chi connectivity index (χ2v) is 6.05. The van der Waals surface area contributed by atoms with Gasteiger partial charge in [-0.25, -0.2) is 4.79 Å². The van der Waals surface area contributed by atoms with Crippen molar-refractivity contribution >= 4 is 11.9 Å². The minimum Gasteiger partial charge on any atom is -0.427 e. The summed E-state index contributed by atoms with van der Waals surface area (Å²) in [5, 5.41) is 0. The fourth-order valence-corrected chi connectivity index (χ4v) is 2.35. The lowest BCUT2D eigenvalue weighted by Crippen LogP contribution is -2.17.